The third-order valence-electron chi connectivity index (χ3n) is 3.16. The maximum absolute atomic E-state index is 2.37. The molecule has 0 aromatic rings. The van der Waals surface area contributed by atoms with Crippen molar-refractivity contribution in [1.29, 1.82) is 0 Å². The Morgan fingerprint density at radius 1 is 1.18 bits per heavy atom. The lowest BCUT2D eigenvalue weighted by Crippen LogP contribution is -2.25. The summed E-state index contributed by atoms with van der Waals surface area (Å²) in [6, 6.07) is 0. The van der Waals surface area contributed by atoms with Gasteiger partial charge in [-0.05, 0) is 24.2 Å². The van der Waals surface area contributed by atoms with Crippen LogP contribution in [0.15, 0.2) is 24.3 Å². The van der Waals surface area contributed by atoms with Crippen LogP contribution in [0.2, 0.25) is 0 Å². The molecule has 0 N–H and O–H groups in total. The maximum Gasteiger partial charge on any atom is -0.00602 e. The fourth-order valence-corrected chi connectivity index (χ4v) is 1.95. The Morgan fingerprint density at radius 2 is 1.82 bits per heavy atom. The van der Waals surface area contributed by atoms with Crippen LogP contribution in [0.1, 0.15) is 33.6 Å². The van der Waals surface area contributed by atoms with Crippen LogP contribution in [0.25, 0.3) is 0 Å². The third-order valence-corrected chi connectivity index (χ3v) is 3.16. The summed E-state index contributed by atoms with van der Waals surface area (Å²) in [4.78, 5) is 0. The van der Waals surface area contributed by atoms with Crippen LogP contribution in [-0.2, 0) is 0 Å². The molecule has 0 aromatic heterocycles. The van der Waals surface area contributed by atoms with E-state index >= 15 is 0 Å². The largest absolute Gasteiger partial charge is 0.0808 e. The molecule has 0 saturated carbocycles. The Labute approximate surface area is 70.0 Å². The molecule has 1 rings (SSSR count). The lowest BCUT2D eigenvalue weighted by Gasteiger charge is -2.35. The predicted octanol–water partition coefficient (Wildman–Crippen LogP) is 3.55. The molecular formula is C11H18. The fourth-order valence-electron chi connectivity index (χ4n) is 1.95. The summed E-state index contributed by atoms with van der Waals surface area (Å²) >= 11 is 0. The Kier molecular flexibility index (Phi) is 2.53. The van der Waals surface area contributed by atoms with Gasteiger partial charge in [-0.15, -0.1) is 0 Å². The first-order chi connectivity index (χ1) is 5.25. The topological polar surface area (TPSA) is 0 Å². The number of hydrogen-bond donors (Lipinski definition) is 0. The van der Waals surface area contributed by atoms with Gasteiger partial charge < -0.3 is 0 Å². The normalized spacial score (nSPS) is 27.4. The predicted molar refractivity (Wildman–Crippen MR) is 50.5 cm³/mol. The molecule has 0 nitrogen and oxygen atoms in total. The molecule has 1 atom stereocenters. The van der Waals surface area contributed by atoms with Crippen molar-refractivity contribution in [2.24, 2.45) is 11.3 Å². The van der Waals surface area contributed by atoms with Crippen molar-refractivity contribution in [3.05, 3.63) is 24.3 Å². The molecule has 0 heterocycles. The van der Waals surface area contributed by atoms with Crippen LogP contribution in [0.5, 0.6) is 0 Å². The van der Waals surface area contributed by atoms with E-state index in [0.29, 0.717) is 11.3 Å². The van der Waals surface area contributed by atoms with Gasteiger partial charge in [-0.2, -0.15) is 0 Å². The van der Waals surface area contributed by atoms with Crippen molar-refractivity contribution in [2.75, 3.05) is 0 Å². The highest BCUT2D eigenvalue weighted by Gasteiger charge is 2.29. The number of allylic oxidation sites excluding steroid dienone is 4. The van der Waals surface area contributed by atoms with Gasteiger partial charge in [0.1, 0.15) is 0 Å². The standard InChI is InChI=1S/C11H18/c1-4-11(5-2)9-7-6-8-10(11)3/h6-10H,4-5H2,1-3H3. The van der Waals surface area contributed by atoms with E-state index in [1.54, 1.807) is 0 Å². The van der Waals surface area contributed by atoms with Gasteiger partial charge in [0.15, 0.2) is 0 Å². The van der Waals surface area contributed by atoms with Crippen LogP contribution < -0.4 is 0 Å². The molecule has 0 amide bonds. The quantitative estimate of drug-likeness (QED) is 0.564. The average molecular weight is 150 g/mol. The van der Waals surface area contributed by atoms with E-state index in [4.69, 9.17) is 0 Å². The van der Waals surface area contributed by atoms with E-state index < -0.39 is 0 Å². The van der Waals surface area contributed by atoms with Crippen molar-refractivity contribution in [3.8, 4) is 0 Å². The van der Waals surface area contributed by atoms with Crippen LogP contribution in [-0.4, -0.2) is 0 Å². The van der Waals surface area contributed by atoms with Crippen molar-refractivity contribution < 1.29 is 0 Å². The zero-order valence-electron chi connectivity index (χ0n) is 7.80. The van der Waals surface area contributed by atoms with Crippen molar-refractivity contribution in [1.82, 2.24) is 0 Å². The molecule has 0 spiro atoms. The Balaban J connectivity index is 2.82. The molecule has 0 radical (unpaired) electrons. The van der Waals surface area contributed by atoms with Gasteiger partial charge in [-0.3, -0.25) is 0 Å². The smallest absolute Gasteiger partial charge is 0.00602 e. The third kappa shape index (κ3) is 1.40. The van der Waals surface area contributed by atoms with Gasteiger partial charge in [0.2, 0.25) is 0 Å². The summed E-state index contributed by atoms with van der Waals surface area (Å²) < 4.78 is 0. The summed E-state index contributed by atoms with van der Waals surface area (Å²) in [5.41, 5.74) is 0.453. The number of hydrogen-bond acceptors (Lipinski definition) is 0. The maximum atomic E-state index is 2.37. The van der Waals surface area contributed by atoms with E-state index in [9.17, 15) is 0 Å². The molecule has 0 aromatic carbocycles. The van der Waals surface area contributed by atoms with Gasteiger partial charge >= 0.3 is 0 Å². The van der Waals surface area contributed by atoms with E-state index in [0.717, 1.165) is 0 Å². The average Bonchev–Trinajstić information content (AvgIpc) is 2.06. The summed E-state index contributed by atoms with van der Waals surface area (Å²) in [6.07, 6.45) is 11.5. The van der Waals surface area contributed by atoms with Crippen molar-refractivity contribution >= 4 is 0 Å². The molecule has 0 fully saturated rings. The molecule has 1 aliphatic carbocycles. The monoisotopic (exact) mass is 150 g/mol. The van der Waals surface area contributed by atoms with Crippen LogP contribution in [0.4, 0.5) is 0 Å². The van der Waals surface area contributed by atoms with Gasteiger partial charge in [-0.1, -0.05) is 45.1 Å². The lowest BCUT2D eigenvalue weighted by molar-refractivity contribution is 0.267. The summed E-state index contributed by atoms with van der Waals surface area (Å²) in [5, 5.41) is 0. The fraction of sp³-hybridized carbons (Fsp3) is 0.636. The van der Waals surface area contributed by atoms with Gasteiger partial charge in [0.25, 0.3) is 0 Å². The van der Waals surface area contributed by atoms with Crippen LogP contribution >= 0.6 is 0 Å². The second kappa shape index (κ2) is 3.25. The van der Waals surface area contributed by atoms with E-state index in [1.807, 2.05) is 0 Å². The summed E-state index contributed by atoms with van der Waals surface area (Å²) in [5.74, 6) is 0.711. The van der Waals surface area contributed by atoms with Crippen LogP contribution in [0.3, 0.4) is 0 Å². The van der Waals surface area contributed by atoms with Gasteiger partial charge in [0.05, 0.1) is 0 Å². The highest BCUT2D eigenvalue weighted by Crippen LogP contribution is 2.39. The first kappa shape index (κ1) is 8.58. The molecule has 0 heteroatoms. The van der Waals surface area contributed by atoms with Crippen molar-refractivity contribution in [3.63, 3.8) is 0 Å². The second-order valence-electron chi connectivity index (χ2n) is 3.47. The van der Waals surface area contributed by atoms with E-state index in [-0.39, 0.29) is 0 Å². The van der Waals surface area contributed by atoms with E-state index in [2.05, 4.69) is 45.1 Å². The number of rotatable bonds is 2. The Hall–Kier alpha value is -0.520. The SMILES string of the molecule is CCC1(CC)C=CC=CC1C. The van der Waals surface area contributed by atoms with E-state index in [1.165, 1.54) is 12.8 Å². The molecule has 1 aliphatic rings. The zero-order valence-corrected chi connectivity index (χ0v) is 7.80. The van der Waals surface area contributed by atoms with Crippen molar-refractivity contribution in [2.45, 2.75) is 33.6 Å². The Morgan fingerprint density at radius 3 is 2.18 bits per heavy atom. The first-order valence-corrected chi connectivity index (χ1v) is 4.61. The van der Waals surface area contributed by atoms with Gasteiger partial charge in [-0.25, -0.2) is 0 Å². The molecule has 62 valence electrons. The molecular weight excluding hydrogens is 132 g/mol. The summed E-state index contributed by atoms with van der Waals surface area (Å²) in [6.45, 7) is 6.88. The molecule has 11 heavy (non-hydrogen) atoms. The minimum atomic E-state index is 0.453. The zero-order chi connectivity index (χ0) is 8.32. The van der Waals surface area contributed by atoms with Gasteiger partial charge in [0, 0.05) is 0 Å². The minimum Gasteiger partial charge on any atom is -0.0808 e. The lowest BCUT2D eigenvalue weighted by atomic mass is 9.70. The molecule has 0 aliphatic heterocycles. The minimum absolute atomic E-state index is 0.453. The Bertz CT molecular complexity index is 170. The molecule has 0 saturated heterocycles. The molecule has 1 unspecified atom stereocenters. The first-order valence-electron chi connectivity index (χ1n) is 4.61. The molecule has 0 bridgehead atoms. The second-order valence-corrected chi connectivity index (χ2v) is 3.47. The highest BCUT2D eigenvalue weighted by molar-refractivity contribution is 5.18. The highest BCUT2D eigenvalue weighted by atomic mass is 14.3. The summed E-state index contributed by atoms with van der Waals surface area (Å²) in [7, 11) is 0. The van der Waals surface area contributed by atoms with Crippen LogP contribution in [0, 0.1) is 11.3 Å².